The van der Waals surface area contributed by atoms with Crippen LogP contribution in [0, 0.1) is 0 Å². The third kappa shape index (κ3) is 5.45. The number of rotatable bonds is 7. The van der Waals surface area contributed by atoms with Crippen LogP contribution in [-0.2, 0) is 16.6 Å². The number of sulfonamides is 1. The molecule has 0 radical (unpaired) electrons. The third-order valence-corrected chi connectivity index (χ3v) is 5.93. The Morgan fingerprint density at radius 1 is 0.897 bits per heavy atom. The average Bonchev–Trinajstić information content (AvgIpc) is 2.73. The molecule has 0 aliphatic carbocycles. The molecule has 29 heavy (non-hydrogen) atoms. The highest BCUT2D eigenvalue weighted by Crippen LogP contribution is 2.18. The van der Waals surface area contributed by atoms with Crippen LogP contribution in [0.5, 0.6) is 0 Å². The second kappa shape index (κ2) is 8.92. The summed E-state index contributed by atoms with van der Waals surface area (Å²) in [6, 6.07) is 22.7. The number of amides is 1. The normalized spacial score (nSPS) is 11.3. The lowest BCUT2D eigenvalue weighted by molar-refractivity contribution is 0.0951. The quantitative estimate of drug-likeness (QED) is 0.603. The second-order valence-corrected chi connectivity index (χ2v) is 8.76. The van der Waals surface area contributed by atoms with Gasteiger partial charge in [0, 0.05) is 17.8 Å². The van der Waals surface area contributed by atoms with Crippen molar-refractivity contribution in [3.05, 3.63) is 95.6 Å². The van der Waals surface area contributed by atoms with Gasteiger partial charge in [0.1, 0.15) is 0 Å². The highest BCUT2D eigenvalue weighted by atomic mass is 32.2. The largest absolute Gasteiger partial charge is 0.348 e. The first kappa shape index (κ1) is 20.6. The first-order chi connectivity index (χ1) is 13.8. The molecule has 0 aliphatic rings. The smallest absolute Gasteiger partial charge is 0.261 e. The fourth-order valence-corrected chi connectivity index (χ4v) is 3.91. The van der Waals surface area contributed by atoms with Gasteiger partial charge in [0.15, 0.2) is 0 Å². The van der Waals surface area contributed by atoms with Crippen LogP contribution in [0.3, 0.4) is 0 Å². The van der Waals surface area contributed by atoms with E-state index in [1.807, 2.05) is 12.1 Å². The molecule has 150 valence electrons. The summed E-state index contributed by atoms with van der Waals surface area (Å²) >= 11 is 0. The zero-order valence-corrected chi connectivity index (χ0v) is 17.2. The van der Waals surface area contributed by atoms with Crippen LogP contribution in [0.15, 0.2) is 83.8 Å². The summed E-state index contributed by atoms with van der Waals surface area (Å²) in [6.07, 6.45) is 0. The molecule has 2 N–H and O–H groups in total. The molecule has 0 heterocycles. The number of carbonyl (C=O) groups excluding carboxylic acids is 1. The van der Waals surface area contributed by atoms with Crippen molar-refractivity contribution in [2.45, 2.75) is 31.2 Å². The van der Waals surface area contributed by atoms with Crippen molar-refractivity contribution in [1.82, 2.24) is 5.32 Å². The number of anilines is 1. The molecule has 0 fully saturated rings. The van der Waals surface area contributed by atoms with Gasteiger partial charge in [0.05, 0.1) is 4.90 Å². The summed E-state index contributed by atoms with van der Waals surface area (Å²) in [5, 5.41) is 2.87. The lowest BCUT2D eigenvalue weighted by Gasteiger charge is -2.11. The van der Waals surface area contributed by atoms with Crippen molar-refractivity contribution in [1.29, 1.82) is 0 Å². The van der Waals surface area contributed by atoms with Crippen molar-refractivity contribution >= 4 is 21.6 Å². The van der Waals surface area contributed by atoms with E-state index in [9.17, 15) is 13.2 Å². The highest BCUT2D eigenvalue weighted by molar-refractivity contribution is 7.92. The molecule has 0 aromatic heterocycles. The molecule has 6 heteroatoms. The van der Waals surface area contributed by atoms with E-state index in [4.69, 9.17) is 0 Å². The number of nitrogens with one attached hydrogen (secondary N) is 2. The first-order valence-corrected chi connectivity index (χ1v) is 10.9. The zero-order chi connectivity index (χ0) is 20.9. The topological polar surface area (TPSA) is 75.3 Å². The van der Waals surface area contributed by atoms with Crippen LogP contribution in [0.2, 0.25) is 0 Å². The van der Waals surface area contributed by atoms with Crippen molar-refractivity contribution in [2.24, 2.45) is 0 Å². The molecule has 0 spiro atoms. The molecule has 0 unspecified atom stereocenters. The Labute approximate surface area is 171 Å². The molecule has 3 aromatic rings. The highest BCUT2D eigenvalue weighted by Gasteiger charge is 2.14. The standard InChI is InChI=1S/C23H24N2O3S/c1-17(2)19-13-11-18(12-14-19)16-24-23(26)20-7-6-8-21(15-20)25-29(27,28)22-9-4-3-5-10-22/h3-15,17,25H,16H2,1-2H3,(H,24,26). The maximum Gasteiger partial charge on any atom is 0.261 e. The van der Waals surface area contributed by atoms with Crippen LogP contribution < -0.4 is 10.0 Å². The Morgan fingerprint density at radius 3 is 2.24 bits per heavy atom. The summed E-state index contributed by atoms with van der Waals surface area (Å²) in [4.78, 5) is 12.7. The van der Waals surface area contributed by atoms with E-state index in [1.54, 1.807) is 36.4 Å². The first-order valence-electron chi connectivity index (χ1n) is 9.40. The van der Waals surface area contributed by atoms with Gasteiger partial charge in [-0.2, -0.15) is 0 Å². The van der Waals surface area contributed by atoms with Gasteiger partial charge >= 0.3 is 0 Å². The van der Waals surface area contributed by atoms with Gasteiger partial charge in [0.25, 0.3) is 15.9 Å². The number of hydrogen-bond acceptors (Lipinski definition) is 3. The van der Waals surface area contributed by atoms with E-state index >= 15 is 0 Å². The van der Waals surface area contributed by atoms with Crippen LogP contribution in [0.25, 0.3) is 0 Å². The van der Waals surface area contributed by atoms with Crippen LogP contribution in [0.4, 0.5) is 5.69 Å². The minimum Gasteiger partial charge on any atom is -0.348 e. The monoisotopic (exact) mass is 408 g/mol. The molecule has 3 rings (SSSR count). The summed E-state index contributed by atoms with van der Waals surface area (Å²) in [5.41, 5.74) is 2.97. The van der Waals surface area contributed by atoms with E-state index < -0.39 is 10.0 Å². The van der Waals surface area contributed by atoms with E-state index in [0.717, 1.165) is 5.56 Å². The maximum atomic E-state index is 12.5. The molecule has 0 aliphatic heterocycles. The van der Waals surface area contributed by atoms with Crippen molar-refractivity contribution < 1.29 is 13.2 Å². The number of benzene rings is 3. The Balaban J connectivity index is 1.66. The molecular weight excluding hydrogens is 384 g/mol. The second-order valence-electron chi connectivity index (χ2n) is 7.08. The summed E-state index contributed by atoms with van der Waals surface area (Å²) in [7, 11) is -3.70. The van der Waals surface area contributed by atoms with Gasteiger partial charge in [-0.15, -0.1) is 0 Å². The summed E-state index contributed by atoms with van der Waals surface area (Å²) in [5.74, 6) is 0.194. The Bertz CT molecular complexity index is 1080. The molecule has 3 aromatic carbocycles. The van der Waals surface area contributed by atoms with Crippen LogP contribution in [0.1, 0.15) is 41.3 Å². The third-order valence-electron chi connectivity index (χ3n) is 4.53. The molecule has 5 nitrogen and oxygen atoms in total. The molecule has 0 saturated heterocycles. The number of carbonyl (C=O) groups is 1. The summed E-state index contributed by atoms with van der Waals surface area (Å²) in [6.45, 7) is 4.67. The van der Waals surface area contributed by atoms with Crippen molar-refractivity contribution in [2.75, 3.05) is 4.72 Å². The van der Waals surface area contributed by atoms with Gasteiger partial charge < -0.3 is 5.32 Å². The molecule has 0 saturated carbocycles. The van der Waals surface area contributed by atoms with Crippen molar-refractivity contribution in [3.8, 4) is 0 Å². The molecular formula is C23H24N2O3S. The fraction of sp³-hybridized carbons (Fsp3) is 0.174. The van der Waals surface area contributed by atoms with Crippen LogP contribution >= 0.6 is 0 Å². The predicted octanol–water partition coefficient (Wildman–Crippen LogP) is 4.54. The lowest BCUT2D eigenvalue weighted by Crippen LogP contribution is -2.23. The summed E-state index contributed by atoms with van der Waals surface area (Å²) < 4.78 is 27.4. The van der Waals surface area contributed by atoms with E-state index in [1.165, 1.54) is 23.8 Å². The Morgan fingerprint density at radius 2 is 1.59 bits per heavy atom. The zero-order valence-electron chi connectivity index (χ0n) is 16.4. The maximum absolute atomic E-state index is 12.5. The Kier molecular flexibility index (Phi) is 6.34. The number of hydrogen-bond donors (Lipinski definition) is 2. The fourth-order valence-electron chi connectivity index (χ4n) is 2.84. The predicted molar refractivity (Wildman–Crippen MR) is 115 cm³/mol. The molecule has 0 atom stereocenters. The van der Waals surface area contributed by atoms with Gasteiger partial charge in [0.2, 0.25) is 0 Å². The van der Waals surface area contributed by atoms with Gasteiger partial charge in [-0.1, -0.05) is 62.4 Å². The average molecular weight is 409 g/mol. The SMILES string of the molecule is CC(C)c1ccc(CNC(=O)c2cccc(NS(=O)(=O)c3ccccc3)c2)cc1. The lowest BCUT2D eigenvalue weighted by atomic mass is 10.0. The van der Waals surface area contributed by atoms with Crippen molar-refractivity contribution in [3.63, 3.8) is 0 Å². The van der Waals surface area contributed by atoms with E-state index in [2.05, 4.69) is 36.0 Å². The minimum atomic E-state index is -3.70. The van der Waals surface area contributed by atoms with E-state index in [-0.39, 0.29) is 10.8 Å². The van der Waals surface area contributed by atoms with Crippen LogP contribution in [-0.4, -0.2) is 14.3 Å². The van der Waals surface area contributed by atoms with Gasteiger partial charge in [-0.25, -0.2) is 8.42 Å². The minimum absolute atomic E-state index is 0.166. The molecule has 1 amide bonds. The van der Waals surface area contributed by atoms with E-state index in [0.29, 0.717) is 23.7 Å². The Hall–Kier alpha value is -3.12. The van der Waals surface area contributed by atoms with Gasteiger partial charge in [-0.3, -0.25) is 9.52 Å². The molecule has 0 bridgehead atoms. The van der Waals surface area contributed by atoms with Gasteiger partial charge in [-0.05, 0) is 47.4 Å².